The maximum Gasteiger partial charge on any atom is 0.409 e. The van der Waals surface area contributed by atoms with Crippen LogP contribution in [0.4, 0.5) is 4.79 Å². The number of hydrogen-bond acceptors (Lipinski definition) is 3. The molecule has 0 radical (unpaired) electrons. The minimum Gasteiger partial charge on any atom is -0.413 e. The Balaban J connectivity index is 3.05. The predicted molar refractivity (Wildman–Crippen MR) is 50.7 cm³/mol. The monoisotopic (exact) mass is 259 g/mol. The number of carbonyl (C=O) groups excluding carboxylic acids is 1. The maximum absolute atomic E-state index is 10.4. The quantitative estimate of drug-likeness (QED) is 0.729. The lowest BCUT2D eigenvalue weighted by atomic mass is 10.2. The zero-order chi connectivity index (χ0) is 9.84. The number of ether oxygens (including phenoxy) is 1. The highest BCUT2D eigenvalue weighted by atomic mass is 79.9. The van der Waals surface area contributed by atoms with Crippen LogP contribution in [0.25, 0.3) is 0 Å². The van der Waals surface area contributed by atoms with Crippen molar-refractivity contribution in [3.8, 4) is 11.8 Å². The van der Waals surface area contributed by atoms with Crippen molar-refractivity contribution in [2.24, 2.45) is 0 Å². The fourth-order valence-corrected chi connectivity index (χ4v) is 1.15. The van der Waals surface area contributed by atoms with Gasteiger partial charge in [0.2, 0.25) is 0 Å². The van der Waals surface area contributed by atoms with Crippen LogP contribution in [0.1, 0.15) is 5.56 Å². The van der Waals surface area contributed by atoms with Crippen LogP contribution < -0.4 is 4.74 Å². The van der Waals surface area contributed by atoms with Gasteiger partial charge in [0.1, 0.15) is 5.75 Å². The molecule has 0 aromatic heterocycles. The molecule has 1 aromatic carbocycles. The third-order valence-electron chi connectivity index (χ3n) is 1.25. The molecule has 3 nitrogen and oxygen atoms in total. The first-order valence-corrected chi connectivity index (χ1v) is 4.37. The van der Waals surface area contributed by atoms with Crippen LogP contribution in [0.5, 0.6) is 5.75 Å². The van der Waals surface area contributed by atoms with Crippen molar-refractivity contribution in [1.82, 2.24) is 0 Å². The van der Waals surface area contributed by atoms with E-state index < -0.39 is 5.43 Å². The number of rotatable bonds is 1. The van der Waals surface area contributed by atoms with E-state index in [-0.39, 0.29) is 5.75 Å². The van der Waals surface area contributed by atoms with Gasteiger partial charge in [-0.25, -0.2) is 4.79 Å². The van der Waals surface area contributed by atoms with Crippen molar-refractivity contribution in [1.29, 1.82) is 5.26 Å². The first kappa shape index (κ1) is 10.0. The van der Waals surface area contributed by atoms with Crippen molar-refractivity contribution in [3.63, 3.8) is 0 Å². The van der Waals surface area contributed by atoms with E-state index in [1.807, 2.05) is 6.07 Å². The maximum atomic E-state index is 10.4. The van der Waals surface area contributed by atoms with Gasteiger partial charge in [-0.3, -0.25) is 0 Å². The second-order valence-electron chi connectivity index (χ2n) is 2.10. The van der Waals surface area contributed by atoms with E-state index in [1.165, 1.54) is 6.07 Å². The first-order chi connectivity index (χ1) is 6.13. The van der Waals surface area contributed by atoms with Gasteiger partial charge in [-0.15, -0.1) is 0 Å². The van der Waals surface area contributed by atoms with Gasteiger partial charge in [0.15, 0.2) is 0 Å². The molecule has 0 amide bonds. The van der Waals surface area contributed by atoms with E-state index in [4.69, 9.17) is 16.9 Å². The second kappa shape index (κ2) is 4.26. The summed E-state index contributed by atoms with van der Waals surface area (Å²) >= 11 is 8.16. The van der Waals surface area contributed by atoms with Crippen LogP contribution in [0.15, 0.2) is 22.7 Å². The van der Waals surface area contributed by atoms with Gasteiger partial charge in [0, 0.05) is 11.6 Å². The van der Waals surface area contributed by atoms with Gasteiger partial charge >= 0.3 is 5.43 Å². The molecule has 5 heteroatoms. The van der Waals surface area contributed by atoms with Crippen molar-refractivity contribution in [2.75, 3.05) is 0 Å². The Kier molecular flexibility index (Phi) is 3.29. The van der Waals surface area contributed by atoms with E-state index in [2.05, 4.69) is 20.7 Å². The summed E-state index contributed by atoms with van der Waals surface area (Å²) in [5, 5.41) is 8.55. The molecule has 0 N–H and O–H groups in total. The summed E-state index contributed by atoms with van der Waals surface area (Å²) in [5.74, 6) is 0.235. The topological polar surface area (TPSA) is 50.1 Å². The number of hydrogen-bond donors (Lipinski definition) is 0. The molecule has 0 saturated carbocycles. The summed E-state index contributed by atoms with van der Waals surface area (Å²) in [6.07, 6.45) is 0. The van der Waals surface area contributed by atoms with Crippen molar-refractivity contribution in [2.45, 2.75) is 0 Å². The summed E-state index contributed by atoms with van der Waals surface area (Å²) in [6, 6.07) is 6.53. The molecule has 0 spiro atoms. The van der Waals surface area contributed by atoms with Gasteiger partial charge in [-0.05, 0) is 34.1 Å². The molecule has 1 rings (SSSR count). The first-order valence-electron chi connectivity index (χ1n) is 3.20. The van der Waals surface area contributed by atoms with Crippen molar-refractivity contribution in [3.05, 3.63) is 28.2 Å². The third-order valence-corrected chi connectivity index (χ3v) is 1.98. The number of benzene rings is 1. The third kappa shape index (κ3) is 2.72. The summed E-state index contributed by atoms with van der Waals surface area (Å²) < 4.78 is 5.19. The van der Waals surface area contributed by atoms with E-state index in [0.29, 0.717) is 10.0 Å². The number of carbonyl (C=O) groups is 1. The average Bonchev–Trinajstić information content (AvgIpc) is 2.08. The van der Waals surface area contributed by atoms with Gasteiger partial charge in [-0.2, -0.15) is 5.26 Å². The lowest BCUT2D eigenvalue weighted by Gasteiger charge is -2.01. The number of halogens is 2. The van der Waals surface area contributed by atoms with Crippen LogP contribution in [-0.4, -0.2) is 5.43 Å². The fourth-order valence-electron chi connectivity index (χ4n) is 0.738. The standard InChI is InChI=1S/C8H3BrClNO2/c9-6-2-1-5(4-11)3-7(6)13-8(10)12/h1-3H. The largest absolute Gasteiger partial charge is 0.413 e. The zero-order valence-corrected chi connectivity index (χ0v) is 8.59. The molecule has 66 valence electrons. The molecular formula is C8H3BrClNO2. The smallest absolute Gasteiger partial charge is 0.409 e. The molecule has 1 aromatic rings. The lowest BCUT2D eigenvalue weighted by Crippen LogP contribution is -1.97. The summed E-state index contributed by atoms with van der Waals surface area (Å²) in [6.45, 7) is 0. The lowest BCUT2D eigenvalue weighted by molar-refractivity contribution is 0.225. The normalized spacial score (nSPS) is 9.00. The van der Waals surface area contributed by atoms with Gasteiger partial charge in [0.05, 0.1) is 16.1 Å². The molecule has 0 atom stereocenters. The highest BCUT2D eigenvalue weighted by Gasteiger charge is 2.05. The predicted octanol–water partition coefficient (Wildman–Crippen LogP) is 3.06. The Labute approximate surface area is 88.0 Å². The van der Waals surface area contributed by atoms with E-state index in [9.17, 15) is 4.79 Å². The molecule has 0 heterocycles. The number of nitriles is 1. The summed E-state index contributed by atoms with van der Waals surface area (Å²) in [4.78, 5) is 10.4. The van der Waals surface area contributed by atoms with Gasteiger partial charge in [0.25, 0.3) is 0 Å². The Morgan fingerprint density at radius 2 is 2.31 bits per heavy atom. The molecule has 0 aliphatic carbocycles. The molecule has 0 aliphatic rings. The molecular weight excluding hydrogens is 257 g/mol. The highest BCUT2D eigenvalue weighted by molar-refractivity contribution is 9.10. The van der Waals surface area contributed by atoms with Crippen LogP contribution >= 0.6 is 27.5 Å². The zero-order valence-electron chi connectivity index (χ0n) is 6.25. The van der Waals surface area contributed by atoms with Gasteiger partial charge < -0.3 is 4.74 Å². The minimum absolute atomic E-state index is 0.235. The fraction of sp³-hybridized carbons (Fsp3) is 0. The average molecular weight is 260 g/mol. The summed E-state index contributed by atoms with van der Waals surface area (Å²) in [5.41, 5.74) is -0.535. The second-order valence-corrected chi connectivity index (χ2v) is 3.26. The van der Waals surface area contributed by atoms with E-state index in [0.717, 1.165) is 0 Å². The Morgan fingerprint density at radius 1 is 1.62 bits per heavy atom. The summed E-state index contributed by atoms with van der Waals surface area (Å²) in [7, 11) is 0. The highest BCUT2D eigenvalue weighted by Crippen LogP contribution is 2.26. The van der Waals surface area contributed by atoms with Crippen molar-refractivity contribution < 1.29 is 9.53 Å². The Morgan fingerprint density at radius 3 is 2.85 bits per heavy atom. The van der Waals surface area contributed by atoms with Crippen molar-refractivity contribution >= 4 is 33.0 Å². The Hall–Kier alpha value is -1.05. The van der Waals surface area contributed by atoms with Crippen LogP contribution in [0.3, 0.4) is 0 Å². The molecule has 0 aliphatic heterocycles. The molecule has 0 bridgehead atoms. The Bertz CT molecular complexity index is 386. The molecule has 13 heavy (non-hydrogen) atoms. The molecule has 0 fully saturated rings. The van der Waals surface area contributed by atoms with Crippen LogP contribution in [0, 0.1) is 11.3 Å². The SMILES string of the molecule is N#Cc1ccc(Br)c(OC(=O)Cl)c1. The molecule has 0 unspecified atom stereocenters. The van der Waals surface area contributed by atoms with E-state index in [1.54, 1.807) is 12.1 Å². The van der Waals surface area contributed by atoms with Crippen LogP contribution in [0.2, 0.25) is 0 Å². The van der Waals surface area contributed by atoms with Gasteiger partial charge in [-0.1, -0.05) is 0 Å². The minimum atomic E-state index is -0.934. The molecule has 0 saturated heterocycles. The number of nitrogens with zero attached hydrogens (tertiary/aromatic N) is 1. The van der Waals surface area contributed by atoms with Crippen LogP contribution in [-0.2, 0) is 0 Å². The van der Waals surface area contributed by atoms with E-state index >= 15 is 0 Å².